The zero-order valence-corrected chi connectivity index (χ0v) is 7.75. The molecule has 2 N–H and O–H groups in total. The summed E-state index contributed by atoms with van der Waals surface area (Å²) in [6.07, 6.45) is 2.25. The molecular weight excluding hydrogens is 170 g/mol. The van der Waals surface area contributed by atoms with Crippen molar-refractivity contribution < 1.29 is 14.7 Å². The second-order valence-corrected chi connectivity index (χ2v) is 3.61. The molecule has 0 saturated heterocycles. The van der Waals surface area contributed by atoms with Gasteiger partial charge in [-0.1, -0.05) is 0 Å². The van der Waals surface area contributed by atoms with E-state index in [9.17, 15) is 9.59 Å². The second kappa shape index (κ2) is 4.25. The Balaban J connectivity index is 2.30. The first kappa shape index (κ1) is 10.0. The Morgan fingerprint density at radius 1 is 1.23 bits per heavy atom. The molecule has 1 amide bonds. The molecule has 0 unspecified atom stereocenters. The van der Waals surface area contributed by atoms with Crippen LogP contribution in [0, 0.1) is 5.92 Å². The molecule has 0 bridgehead atoms. The monoisotopic (exact) mass is 185 g/mol. The van der Waals surface area contributed by atoms with Crippen LogP contribution in [-0.4, -0.2) is 23.0 Å². The summed E-state index contributed by atoms with van der Waals surface area (Å²) in [5.74, 6) is 0.389. The molecule has 0 aromatic carbocycles. The van der Waals surface area contributed by atoms with Gasteiger partial charge in [-0.05, 0) is 32.6 Å². The molecule has 0 heterocycles. The highest BCUT2D eigenvalue weighted by Crippen LogP contribution is 2.24. The highest BCUT2D eigenvalue weighted by Gasteiger charge is 2.24. The summed E-state index contributed by atoms with van der Waals surface area (Å²) in [5, 5.41) is 10.9. The van der Waals surface area contributed by atoms with E-state index in [1.807, 2.05) is 0 Å². The topological polar surface area (TPSA) is 66.4 Å². The van der Waals surface area contributed by atoms with Crippen LogP contribution >= 0.6 is 0 Å². The quantitative estimate of drug-likeness (QED) is 0.683. The number of hydrogen-bond acceptors (Lipinski definition) is 2. The van der Waals surface area contributed by atoms with Gasteiger partial charge in [-0.15, -0.1) is 0 Å². The van der Waals surface area contributed by atoms with E-state index in [0.29, 0.717) is 0 Å². The van der Waals surface area contributed by atoms with Gasteiger partial charge in [0, 0.05) is 12.0 Å². The van der Waals surface area contributed by atoms with Crippen molar-refractivity contribution in [2.45, 2.75) is 38.6 Å². The molecule has 0 aliphatic heterocycles. The van der Waals surface area contributed by atoms with Crippen LogP contribution in [0.1, 0.15) is 32.6 Å². The molecule has 4 nitrogen and oxygen atoms in total. The number of carbonyl (C=O) groups excluding carboxylic acids is 1. The van der Waals surface area contributed by atoms with E-state index in [-0.39, 0.29) is 17.7 Å². The summed E-state index contributed by atoms with van der Waals surface area (Å²) in [6, 6.07) is 0.0492. The smallest absolute Gasteiger partial charge is 0.404 e. The maximum atomic E-state index is 11.0. The molecule has 74 valence electrons. The van der Waals surface area contributed by atoms with E-state index < -0.39 is 6.09 Å². The maximum absolute atomic E-state index is 11.0. The lowest BCUT2D eigenvalue weighted by atomic mass is 9.84. The average molecular weight is 185 g/mol. The molecule has 1 aliphatic rings. The second-order valence-electron chi connectivity index (χ2n) is 3.61. The molecule has 0 aromatic rings. The number of nitrogens with one attached hydrogen (secondary N) is 1. The van der Waals surface area contributed by atoms with E-state index in [0.717, 1.165) is 25.7 Å². The average Bonchev–Trinajstić information content (AvgIpc) is 2.04. The summed E-state index contributed by atoms with van der Waals surface area (Å²) in [5.41, 5.74) is 0. The Hall–Kier alpha value is -1.06. The third kappa shape index (κ3) is 3.05. The summed E-state index contributed by atoms with van der Waals surface area (Å²) in [4.78, 5) is 21.3. The van der Waals surface area contributed by atoms with Gasteiger partial charge in [-0.2, -0.15) is 0 Å². The Labute approximate surface area is 77.3 Å². The van der Waals surface area contributed by atoms with Crippen molar-refractivity contribution in [1.82, 2.24) is 5.32 Å². The van der Waals surface area contributed by atoms with Gasteiger partial charge in [0.2, 0.25) is 0 Å². The zero-order chi connectivity index (χ0) is 9.84. The molecule has 1 saturated carbocycles. The normalized spacial score (nSPS) is 28.1. The third-order valence-electron chi connectivity index (χ3n) is 2.63. The molecule has 1 fully saturated rings. The summed E-state index contributed by atoms with van der Waals surface area (Å²) in [6.45, 7) is 1.61. The van der Waals surface area contributed by atoms with E-state index in [1.54, 1.807) is 6.92 Å². The largest absolute Gasteiger partial charge is 0.465 e. The van der Waals surface area contributed by atoms with Crippen LogP contribution in [0.4, 0.5) is 4.79 Å². The zero-order valence-electron chi connectivity index (χ0n) is 7.75. The predicted octanol–water partition coefficient (Wildman–Crippen LogP) is 1.40. The van der Waals surface area contributed by atoms with E-state index in [1.165, 1.54) is 0 Å². The first-order chi connectivity index (χ1) is 6.09. The highest BCUT2D eigenvalue weighted by atomic mass is 16.4. The standard InChI is InChI=1S/C9H15NO3/c1-6(11)7-2-4-8(5-3-7)10-9(12)13/h7-8,10H,2-5H2,1H3,(H,12,13)/t7-,8+. The number of rotatable bonds is 2. The van der Waals surface area contributed by atoms with Crippen molar-refractivity contribution in [2.24, 2.45) is 5.92 Å². The van der Waals surface area contributed by atoms with E-state index in [4.69, 9.17) is 5.11 Å². The van der Waals surface area contributed by atoms with E-state index >= 15 is 0 Å². The third-order valence-corrected chi connectivity index (χ3v) is 2.63. The van der Waals surface area contributed by atoms with Gasteiger partial charge in [0.1, 0.15) is 5.78 Å². The number of Topliss-reactive ketones (excluding diaryl/α,β-unsaturated/α-hetero) is 1. The van der Waals surface area contributed by atoms with Gasteiger partial charge in [-0.3, -0.25) is 4.79 Å². The molecule has 0 radical (unpaired) electrons. The molecule has 0 spiro atoms. The van der Waals surface area contributed by atoms with Gasteiger partial charge in [-0.25, -0.2) is 4.79 Å². The minimum atomic E-state index is -0.966. The lowest BCUT2D eigenvalue weighted by Gasteiger charge is -2.26. The van der Waals surface area contributed by atoms with Crippen LogP contribution in [0.25, 0.3) is 0 Å². The Morgan fingerprint density at radius 2 is 1.77 bits per heavy atom. The Kier molecular flexibility index (Phi) is 3.28. The van der Waals surface area contributed by atoms with Gasteiger partial charge in [0.25, 0.3) is 0 Å². The van der Waals surface area contributed by atoms with Crippen molar-refractivity contribution in [3.05, 3.63) is 0 Å². The fourth-order valence-corrected chi connectivity index (χ4v) is 1.82. The lowest BCUT2D eigenvalue weighted by molar-refractivity contribution is -0.121. The van der Waals surface area contributed by atoms with Gasteiger partial charge in [0.15, 0.2) is 0 Å². The number of ketones is 1. The van der Waals surface area contributed by atoms with Crippen molar-refractivity contribution >= 4 is 11.9 Å². The van der Waals surface area contributed by atoms with Crippen molar-refractivity contribution in [3.63, 3.8) is 0 Å². The molecule has 4 heteroatoms. The van der Waals surface area contributed by atoms with Gasteiger partial charge in [0.05, 0.1) is 0 Å². The van der Waals surface area contributed by atoms with Crippen LogP contribution in [0.2, 0.25) is 0 Å². The molecular formula is C9H15NO3. The Morgan fingerprint density at radius 3 is 2.15 bits per heavy atom. The summed E-state index contributed by atoms with van der Waals surface area (Å²) in [7, 11) is 0. The van der Waals surface area contributed by atoms with Gasteiger partial charge >= 0.3 is 6.09 Å². The van der Waals surface area contributed by atoms with Crippen LogP contribution < -0.4 is 5.32 Å². The van der Waals surface area contributed by atoms with Crippen molar-refractivity contribution in [3.8, 4) is 0 Å². The molecule has 1 aliphatic carbocycles. The minimum Gasteiger partial charge on any atom is -0.465 e. The highest BCUT2D eigenvalue weighted by molar-refractivity contribution is 5.78. The number of hydrogen-bond donors (Lipinski definition) is 2. The fraction of sp³-hybridized carbons (Fsp3) is 0.778. The van der Waals surface area contributed by atoms with Crippen molar-refractivity contribution in [2.75, 3.05) is 0 Å². The molecule has 0 aromatic heterocycles. The van der Waals surface area contributed by atoms with Crippen LogP contribution in [-0.2, 0) is 4.79 Å². The van der Waals surface area contributed by atoms with Crippen LogP contribution in [0.15, 0.2) is 0 Å². The maximum Gasteiger partial charge on any atom is 0.404 e. The summed E-state index contributed by atoms with van der Waals surface area (Å²) < 4.78 is 0. The number of amides is 1. The number of carbonyl (C=O) groups is 2. The fourth-order valence-electron chi connectivity index (χ4n) is 1.82. The summed E-state index contributed by atoms with van der Waals surface area (Å²) >= 11 is 0. The lowest BCUT2D eigenvalue weighted by Crippen LogP contribution is -2.37. The van der Waals surface area contributed by atoms with Crippen LogP contribution in [0.5, 0.6) is 0 Å². The minimum absolute atomic E-state index is 0.0492. The number of carboxylic acid groups (broad SMARTS) is 1. The first-order valence-corrected chi connectivity index (χ1v) is 4.59. The molecule has 1 rings (SSSR count). The first-order valence-electron chi connectivity index (χ1n) is 4.59. The van der Waals surface area contributed by atoms with E-state index in [2.05, 4.69) is 5.32 Å². The SMILES string of the molecule is CC(=O)[C@H]1CC[C@@H](NC(=O)O)CC1. The Bertz CT molecular complexity index is 207. The predicted molar refractivity (Wildman–Crippen MR) is 47.6 cm³/mol. The molecule has 0 atom stereocenters. The van der Waals surface area contributed by atoms with Gasteiger partial charge < -0.3 is 10.4 Å². The van der Waals surface area contributed by atoms with Crippen molar-refractivity contribution in [1.29, 1.82) is 0 Å². The van der Waals surface area contributed by atoms with Crippen LogP contribution in [0.3, 0.4) is 0 Å². The molecule has 13 heavy (non-hydrogen) atoms.